The highest BCUT2D eigenvalue weighted by Gasteiger charge is 2.23. The molecule has 0 aliphatic carbocycles. The van der Waals surface area contributed by atoms with Gasteiger partial charge in [0.2, 0.25) is 5.91 Å². The fourth-order valence-corrected chi connectivity index (χ4v) is 4.58. The number of hydrogen-bond acceptors (Lipinski definition) is 5. The molecular formula is C24H17Cl3F2N6O2. The number of nitrogens with zero attached hydrogens (tertiary/aromatic N) is 5. The molecule has 190 valence electrons. The zero-order valence-corrected chi connectivity index (χ0v) is 21.3. The molecule has 1 N–H and O–H groups in total. The Bertz CT molecular complexity index is 1610. The maximum atomic E-state index is 13.9. The summed E-state index contributed by atoms with van der Waals surface area (Å²) in [7, 11) is 0. The quantitative estimate of drug-likeness (QED) is 0.235. The lowest BCUT2D eigenvalue weighted by Gasteiger charge is -2.08. The predicted molar refractivity (Wildman–Crippen MR) is 136 cm³/mol. The van der Waals surface area contributed by atoms with Crippen LogP contribution in [0, 0.1) is 6.92 Å². The lowest BCUT2D eigenvalue weighted by molar-refractivity contribution is -0.116. The van der Waals surface area contributed by atoms with Crippen molar-refractivity contribution in [3.63, 3.8) is 0 Å². The normalized spacial score (nSPS) is 11.5. The minimum atomic E-state index is -2.78. The number of anilines is 1. The minimum Gasteiger partial charge on any atom is -0.463 e. The van der Waals surface area contributed by atoms with Crippen LogP contribution in [0.5, 0.6) is 0 Å². The lowest BCUT2D eigenvalue weighted by atomic mass is 10.1. The van der Waals surface area contributed by atoms with E-state index >= 15 is 0 Å². The Balaban J connectivity index is 1.40. The molecule has 0 bridgehead atoms. The predicted octanol–water partition coefficient (Wildman–Crippen LogP) is 6.78. The fourth-order valence-electron chi connectivity index (χ4n) is 3.91. The molecular weight excluding hydrogens is 549 g/mol. The Morgan fingerprint density at radius 1 is 1.14 bits per heavy atom. The van der Waals surface area contributed by atoms with Crippen LogP contribution in [-0.2, 0) is 17.9 Å². The highest BCUT2D eigenvalue weighted by molar-refractivity contribution is 6.35. The highest BCUT2D eigenvalue weighted by atomic mass is 35.5. The van der Waals surface area contributed by atoms with E-state index in [4.69, 9.17) is 39.2 Å². The second-order valence-corrected chi connectivity index (χ2v) is 9.37. The van der Waals surface area contributed by atoms with E-state index in [0.29, 0.717) is 28.0 Å². The Labute approximate surface area is 223 Å². The van der Waals surface area contributed by atoms with Crippen LogP contribution in [0.3, 0.4) is 0 Å². The van der Waals surface area contributed by atoms with Crippen molar-refractivity contribution in [2.45, 2.75) is 26.4 Å². The van der Waals surface area contributed by atoms with E-state index in [1.807, 2.05) is 0 Å². The fraction of sp³-hybridized carbons (Fsp3) is 0.167. The monoisotopic (exact) mass is 564 g/mol. The van der Waals surface area contributed by atoms with Gasteiger partial charge in [0, 0.05) is 21.8 Å². The van der Waals surface area contributed by atoms with Gasteiger partial charge in [-0.25, -0.2) is 18.4 Å². The third-order valence-corrected chi connectivity index (χ3v) is 6.40. The summed E-state index contributed by atoms with van der Waals surface area (Å²) in [5.41, 5.74) is 1.17. The first-order valence-corrected chi connectivity index (χ1v) is 12.0. The summed E-state index contributed by atoms with van der Waals surface area (Å²) in [5, 5.41) is 12.6. The molecule has 0 radical (unpaired) electrons. The molecule has 0 spiro atoms. The highest BCUT2D eigenvalue weighted by Crippen LogP contribution is 2.33. The van der Waals surface area contributed by atoms with E-state index in [9.17, 15) is 13.6 Å². The molecule has 0 aliphatic rings. The average Bonchev–Trinajstić information content (AvgIpc) is 3.56. The van der Waals surface area contributed by atoms with E-state index in [-0.39, 0.29) is 39.7 Å². The number of alkyl halides is 2. The second-order valence-electron chi connectivity index (χ2n) is 8.12. The van der Waals surface area contributed by atoms with Crippen LogP contribution in [-0.4, -0.2) is 30.5 Å². The van der Waals surface area contributed by atoms with Crippen molar-refractivity contribution < 1.29 is 18.0 Å². The molecule has 4 heterocycles. The zero-order valence-electron chi connectivity index (χ0n) is 19.1. The van der Waals surface area contributed by atoms with Gasteiger partial charge in [0.15, 0.2) is 17.2 Å². The van der Waals surface area contributed by atoms with E-state index in [1.54, 1.807) is 43.5 Å². The third-order valence-electron chi connectivity index (χ3n) is 5.53. The lowest BCUT2D eigenvalue weighted by Crippen LogP contribution is -2.20. The molecule has 1 amide bonds. The number of aryl methyl sites for hydroxylation is 1. The van der Waals surface area contributed by atoms with Gasteiger partial charge in [0.25, 0.3) is 6.43 Å². The van der Waals surface area contributed by atoms with Crippen molar-refractivity contribution in [3.05, 3.63) is 80.7 Å². The summed E-state index contributed by atoms with van der Waals surface area (Å²) >= 11 is 18.4. The topological polar surface area (TPSA) is 90.8 Å². The first-order valence-electron chi connectivity index (χ1n) is 10.9. The van der Waals surface area contributed by atoms with Crippen LogP contribution < -0.4 is 5.32 Å². The number of aromatic nitrogens is 5. The molecule has 0 fully saturated rings. The van der Waals surface area contributed by atoms with Crippen molar-refractivity contribution in [3.8, 4) is 11.5 Å². The maximum Gasteiger partial charge on any atom is 0.264 e. The van der Waals surface area contributed by atoms with Gasteiger partial charge in [0.05, 0.1) is 23.9 Å². The van der Waals surface area contributed by atoms with Crippen molar-refractivity contribution in [2.24, 2.45) is 0 Å². The van der Waals surface area contributed by atoms with E-state index in [0.717, 1.165) is 5.56 Å². The summed E-state index contributed by atoms with van der Waals surface area (Å²) < 4.78 is 35.9. The Morgan fingerprint density at radius 2 is 1.95 bits per heavy atom. The zero-order chi connectivity index (χ0) is 26.3. The molecule has 37 heavy (non-hydrogen) atoms. The number of hydrogen-bond donors (Lipinski definition) is 1. The van der Waals surface area contributed by atoms with Crippen LogP contribution in [0.2, 0.25) is 15.1 Å². The van der Waals surface area contributed by atoms with Crippen LogP contribution in [0.4, 0.5) is 14.6 Å². The molecule has 0 atom stereocenters. The summed E-state index contributed by atoms with van der Waals surface area (Å²) in [4.78, 5) is 17.3. The number of benzene rings is 1. The van der Waals surface area contributed by atoms with Gasteiger partial charge in [-0.1, -0.05) is 40.9 Å². The summed E-state index contributed by atoms with van der Waals surface area (Å²) in [6.07, 6.45) is 0.186. The van der Waals surface area contributed by atoms with Crippen LogP contribution in [0.25, 0.3) is 22.5 Å². The minimum absolute atomic E-state index is 0.127. The molecule has 0 aliphatic heterocycles. The summed E-state index contributed by atoms with van der Waals surface area (Å²) in [6, 6.07) is 9.60. The van der Waals surface area contributed by atoms with Crippen molar-refractivity contribution in [2.75, 3.05) is 5.32 Å². The first-order chi connectivity index (χ1) is 17.7. The first kappa shape index (κ1) is 25.2. The van der Waals surface area contributed by atoms with Gasteiger partial charge in [0.1, 0.15) is 17.3 Å². The average molecular weight is 566 g/mol. The van der Waals surface area contributed by atoms with Gasteiger partial charge in [-0.2, -0.15) is 10.2 Å². The van der Waals surface area contributed by atoms with Crippen LogP contribution in [0.1, 0.15) is 23.2 Å². The number of halogens is 5. The van der Waals surface area contributed by atoms with Gasteiger partial charge >= 0.3 is 0 Å². The third kappa shape index (κ3) is 5.18. The molecule has 4 aromatic heterocycles. The van der Waals surface area contributed by atoms with Crippen molar-refractivity contribution in [1.29, 1.82) is 0 Å². The molecule has 13 heteroatoms. The number of fused-ring (bicyclic) bond motifs is 1. The van der Waals surface area contributed by atoms with E-state index in [1.165, 1.54) is 21.7 Å². The summed E-state index contributed by atoms with van der Waals surface area (Å²) in [6.45, 7) is 1.57. The maximum absolute atomic E-state index is 13.9. The van der Waals surface area contributed by atoms with E-state index < -0.39 is 12.3 Å². The Morgan fingerprint density at radius 3 is 2.65 bits per heavy atom. The van der Waals surface area contributed by atoms with Crippen LogP contribution >= 0.6 is 34.8 Å². The molecule has 5 rings (SSSR count). The molecule has 1 aromatic carbocycles. The van der Waals surface area contributed by atoms with Crippen LogP contribution in [0.15, 0.2) is 53.3 Å². The molecule has 5 aromatic rings. The molecule has 8 nitrogen and oxygen atoms in total. The molecule has 0 unspecified atom stereocenters. The van der Waals surface area contributed by atoms with Gasteiger partial charge in [-0.05, 0) is 42.8 Å². The standard InChI is InChI=1S/C24H17Cl3F2N6O2/c1-12-21-15(22(28)29)8-18(19-3-2-6-37-19)30-24(21)35(32-12)11-20(36)31-23-17(27)10-34(33-23)9-13-4-5-14(25)7-16(13)26/h2-8,10,22H,9,11H2,1H3,(H,31,33,36). The number of furan rings is 1. The number of amides is 1. The number of pyridine rings is 1. The number of nitrogens with one attached hydrogen (secondary N) is 1. The number of rotatable bonds is 7. The summed E-state index contributed by atoms with van der Waals surface area (Å²) in [5.74, 6) is -0.0796. The smallest absolute Gasteiger partial charge is 0.264 e. The van der Waals surface area contributed by atoms with Crippen molar-refractivity contribution in [1.82, 2.24) is 24.5 Å². The Hall–Kier alpha value is -3.47. The largest absolute Gasteiger partial charge is 0.463 e. The van der Waals surface area contributed by atoms with Gasteiger partial charge < -0.3 is 9.73 Å². The second kappa shape index (κ2) is 10.1. The molecule has 0 saturated heterocycles. The number of carbonyl (C=O) groups excluding carboxylic acids is 1. The van der Waals surface area contributed by atoms with E-state index in [2.05, 4.69) is 20.5 Å². The molecule has 0 saturated carbocycles. The SMILES string of the molecule is Cc1nn(CC(=O)Nc2nn(Cc3ccc(Cl)cc3Cl)cc2Cl)c2nc(-c3ccco3)cc(C(F)F)c12. The van der Waals surface area contributed by atoms with Crippen molar-refractivity contribution >= 4 is 57.6 Å². The Kier molecular flexibility index (Phi) is 6.89. The van der Waals surface area contributed by atoms with Gasteiger partial charge in [-0.3, -0.25) is 9.48 Å². The van der Waals surface area contributed by atoms with Gasteiger partial charge in [-0.15, -0.1) is 0 Å². The number of carbonyl (C=O) groups is 1.